The summed E-state index contributed by atoms with van der Waals surface area (Å²) in [5.41, 5.74) is 0.422. The molecule has 1 rings (SSSR count). The van der Waals surface area contributed by atoms with Crippen molar-refractivity contribution >= 4 is 17.7 Å². The first-order valence-corrected chi connectivity index (χ1v) is 10.3. The van der Waals surface area contributed by atoms with Crippen molar-refractivity contribution in [2.75, 3.05) is 13.2 Å². The first-order valence-electron chi connectivity index (χ1n) is 10.3. The highest BCUT2D eigenvalue weighted by Crippen LogP contribution is 2.29. The molecule has 2 atom stereocenters. The predicted octanol–water partition coefficient (Wildman–Crippen LogP) is 2.51. The summed E-state index contributed by atoms with van der Waals surface area (Å²) < 4.78 is 11.3. The first-order chi connectivity index (χ1) is 13.8. The molecule has 7 nitrogen and oxygen atoms in total. The normalized spacial score (nSPS) is 12.7. The summed E-state index contributed by atoms with van der Waals surface area (Å²) in [5, 5.41) is 13.7. The zero-order valence-corrected chi connectivity index (χ0v) is 17.8. The molecule has 0 radical (unpaired) electrons. The highest BCUT2D eigenvalue weighted by atomic mass is 16.5. The van der Waals surface area contributed by atoms with E-state index >= 15 is 0 Å². The average molecular weight is 406 g/mol. The molecule has 162 valence electrons. The minimum absolute atomic E-state index is 0.0332. The van der Waals surface area contributed by atoms with Crippen molar-refractivity contribution in [2.24, 2.45) is 5.92 Å². The van der Waals surface area contributed by atoms with Gasteiger partial charge in [0.05, 0.1) is 25.2 Å². The average Bonchev–Trinajstić information content (AvgIpc) is 2.72. The number of carboxylic acids is 1. The molecule has 1 amide bonds. The summed E-state index contributed by atoms with van der Waals surface area (Å²) in [7, 11) is 0. The van der Waals surface area contributed by atoms with Gasteiger partial charge >= 0.3 is 0 Å². The molecule has 0 aliphatic rings. The lowest BCUT2D eigenvalue weighted by Gasteiger charge is -2.25. The highest BCUT2D eigenvalue weighted by Gasteiger charge is 2.20. The SMILES string of the molecule is CCCOc1ccc(C(=O)CCC(=O)N[C@H](C(=O)[O-])[C@H](C)CC)cc1OCCC. The van der Waals surface area contributed by atoms with E-state index in [1.165, 1.54) is 0 Å². The van der Waals surface area contributed by atoms with E-state index in [2.05, 4.69) is 5.32 Å². The van der Waals surface area contributed by atoms with E-state index in [-0.39, 0.29) is 24.5 Å². The molecule has 0 saturated carbocycles. The van der Waals surface area contributed by atoms with Gasteiger partial charge in [-0.1, -0.05) is 34.1 Å². The fourth-order valence-corrected chi connectivity index (χ4v) is 2.62. The van der Waals surface area contributed by atoms with Gasteiger partial charge in [-0.2, -0.15) is 0 Å². The van der Waals surface area contributed by atoms with Crippen LogP contribution >= 0.6 is 0 Å². The van der Waals surface area contributed by atoms with Gasteiger partial charge in [-0.05, 0) is 37.0 Å². The molecule has 29 heavy (non-hydrogen) atoms. The molecule has 0 saturated heterocycles. The van der Waals surface area contributed by atoms with Crippen molar-refractivity contribution < 1.29 is 29.0 Å². The van der Waals surface area contributed by atoms with E-state index in [1.807, 2.05) is 20.8 Å². The smallest absolute Gasteiger partial charge is 0.220 e. The van der Waals surface area contributed by atoms with Crippen LogP contribution in [0.25, 0.3) is 0 Å². The number of rotatable bonds is 14. The van der Waals surface area contributed by atoms with Gasteiger partial charge in [-0.3, -0.25) is 9.59 Å². The van der Waals surface area contributed by atoms with Gasteiger partial charge in [0.1, 0.15) is 0 Å². The number of ether oxygens (including phenoxy) is 2. The maximum Gasteiger partial charge on any atom is 0.220 e. The van der Waals surface area contributed by atoms with Crippen molar-refractivity contribution in [2.45, 2.75) is 65.8 Å². The quantitative estimate of drug-likeness (QED) is 0.476. The van der Waals surface area contributed by atoms with Crippen LogP contribution in [0.4, 0.5) is 0 Å². The van der Waals surface area contributed by atoms with E-state index in [0.717, 1.165) is 12.8 Å². The molecule has 7 heteroatoms. The Morgan fingerprint density at radius 1 is 1.00 bits per heavy atom. The van der Waals surface area contributed by atoms with Gasteiger partial charge < -0.3 is 24.7 Å². The molecule has 0 aliphatic carbocycles. The number of nitrogens with one attached hydrogen (secondary N) is 1. The highest BCUT2D eigenvalue weighted by molar-refractivity contribution is 5.98. The second-order valence-corrected chi connectivity index (χ2v) is 7.03. The number of carbonyl (C=O) groups is 3. The Labute approximate surface area is 172 Å². The number of hydrogen-bond acceptors (Lipinski definition) is 6. The number of benzene rings is 1. The zero-order valence-electron chi connectivity index (χ0n) is 17.8. The lowest BCUT2D eigenvalue weighted by atomic mass is 9.99. The fourth-order valence-electron chi connectivity index (χ4n) is 2.62. The monoisotopic (exact) mass is 406 g/mol. The first kappa shape index (κ1) is 24.5. The Morgan fingerprint density at radius 3 is 2.17 bits per heavy atom. The minimum atomic E-state index is -1.32. The summed E-state index contributed by atoms with van der Waals surface area (Å²) in [4.78, 5) is 35.8. The van der Waals surface area contributed by atoms with Gasteiger partial charge in [0, 0.05) is 18.4 Å². The van der Waals surface area contributed by atoms with Crippen molar-refractivity contribution in [3.63, 3.8) is 0 Å². The van der Waals surface area contributed by atoms with Gasteiger partial charge in [-0.25, -0.2) is 0 Å². The van der Waals surface area contributed by atoms with Crippen LogP contribution in [0.5, 0.6) is 11.5 Å². The van der Waals surface area contributed by atoms with E-state index in [9.17, 15) is 19.5 Å². The van der Waals surface area contributed by atoms with Gasteiger partial charge in [0.15, 0.2) is 17.3 Å². The molecule has 0 fully saturated rings. The second-order valence-electron chi connectivity index (χ2n) is 7.03. The Hall–Kier alpha value is -2.57. The van der Waals surface area contributed by atoms with Gasteiger partial charge in [0.25, 0.3) is 0 Å². The third-order valence-corrected chi connectivity index (χ3v) is 4.55. The van der Waals surface area contributed by atoms with Crippen LogP contribution in [0, 0.1) is 5.92 Å². The largest absolute Gasteiger partial charge is 0.548 e. The van der Waals surface area contributed by atoms with Crippen molar-refractivity contribution in [3.8, 4) is 11.5 Å². The maximum absolute atomic E-state index is 12.5. The number of carboxylic acid groups (broad SMARTS) is 1. The predicted molar refractivity (Wildman–Crippen MR) is 108 cm³/mol. The van der Waals surface area contributed by atoms with Crippen LogP contribution in [0.15, 0.2) is 18.2 Å². The molecule has 0 bridgehead atoms. The third kappa shape index (κ3) is 8.13. The number of carbonyl (C=O) groups excluding carboxylic acids is 3. The Bertz CT molecular complexity index is 688. The molecule has 1 aromatic rings. The van der Waals surface area contributed by atoms with E-state index in [1.54, 1.807) is 25.1 Å². The Kier molecular flexibility index (Phi) is 10.8. The number of hydrogen-bond donors (Lipinski definition) is 1. The second kappa shape index (κ2) is 12.8. The van der Waals surface area contributed by atoms with E-state index in [0.29, 0.717) is 36.7 Å². The topological polar surface area (TPSA) is 105 Å². The summed E-state index contributed by atoms with van der Waals surface area (Å²) in [5.74, 6) is -1.20. The molecule has 0 heterocycles. The van der Waals surface area contributed by atoms with E-state index in [4.69, 9.17) is 9.47 Å². The maximum atomic E-state index is 12.5. The molecular weight excluding hydrogens is 374 g/mol. The molecule has 0 aromatic heterocycles. The summed E-state index contributed by atoms with van der Waals surface area (Å²) in [6, 6.07) is 3.91. The van der Waals surface area contributed by atoms with E-state index < -0.39 is 17.9 Å². The third-order valence-electron chi connectivity index (χ3n) is 4.55. The number of Topliss-reactive ketones (excluding diaryl/α,β-unsaturated/α-hetero) is 1. The standard InChI is InChI=1S/C22H33NO6/c1-5-12-28-18-10-8-16(14-19(18)29-13-6-2)17(24)9-11-20(25)23-21(22(26)27)15(4)7-3/h8,10,14-15,21H,5-7,9,11-13H2,1-4H3,(H,23,25)(H,26,27)/p-1/t15-,21+/m1/s1. The molecule has 0 spiro atoms. The summed E-state index contributed by atoms with van der Waals surface area (Å²) >= 11 is 0. The molecule has 0 aliphatic heterocycles. The number of amides is 1. The van der Waals surface area contributed by atoms with Crippen molar-refractivity contribution in [3.05, 3.63) is 23.8 Å². The van der Waals surface area contributed by atoms with Crippen molar-refractivity contribution in [1.29, 1.82) is 0 Å². The minimum Gasteiger partial charge on any atom is -0.548 e. The number of ketones is 1. The van der Waals surface area contributed by atoms with Crippen LogP contribution in [0.1, 0.15) is 70.2 Å². The molecule has 1 N–H and O–H groups in total. The summed E-state index contributed by atoms with van der Waals surface area (Å²) in [6.45, 7) is 8.60. The molecule has 1 aromatic carbocycles. The van der Waals surface area contributed by atoms with Crippen LogP contribution in [0.3, 0.4) is 0 Å². The van der Waals surface area contributed by atoms with Gasteiger partial charge in [0.2, 0.25) is 5.91 Å². The number of aliphatic carboxylic acids is 1. The van der Waals surface area contributed by atoms with Crippen molar-refractivity contribution in [1.82, 2.24) is 5.32 Å². The lowest BCUT2D eigenvalue weighted by molar-refractivity contribution is -0.309. The van der Waals surface area contributed by atoms with Gasteiger partial charge in [-0.15, -0.1) is 0 Å². The van der Waals surface area contributed by atoms with Crippen LogP contribution < -0.4 is 19.9 Å². The Balaban J connectivity index is 2.75. The zero-order chi connectivity index (χ0) is 21.8. The summed E-state index contributed by atoms with van der Waals surface area (Å²) in [6.07, 6.45) is 2.13. The van der Waals surface area contributed by atoms with Crippen LogP contribution in [-0.4, -0.2) is 36.9 Å². The fraction of sp³-hybridized carbons (Fsp3) is 0.591. The Morgan fingerprint density at radius 2 is 1.62 bits per heavy atom. The molecule has 0 unspecified atom stereocenters. The van der Waals surface area contributed by atoms with Crippen LogP contribution in [-0.2, 0) is 9.59 Å². The molecular formula is C22H32NO6-. The van der Waals surface area contributed by atoms with Crippen LogP contribution in [0.2, 0.25) is 0 Å². The lowest BCUT2D eigenvalue weighted by Crippen LogP contribution is -2.51.